The highest BCUT2D eigenvalue weighted by atomic mass is 16.5. The van der Waals surface area contributed by atoms with Crippen molar-refractivity contribution in [2.75, 3.05) is 32.8 Å². The van der Waals surface area contributed by atoms with Gasteiger partial charge in [-0.1, -0.05) is 27.7 Å². The zero-order chi connectivity index (χ0) is 16.2. The molecule has 1 heterocycles. The van der Waals surface area contributed by atoms with Gasteiger partial charge in [0, 0.05) is 37.3 Å². The van der Waals surface area contributed by atoms with E-state index in [1.165, 1.54) is 0 Å². The molecule has 0 atom stereocenters. The maximum absolute atomic E-state index is 12.7. The Hall–Kier alpha value is -1.55. The second-order valence-corrected chi connectivity index (χ2v) is 6.85. The molecule has 0 aromatic heterocycles. The number of hydrogen-bond acceptors (Lipinski definition) is 3. The second-order valence-electron chi connectivity index (χ2n) is 6.85. The molecule has 0 unspecified atom stereocenters. The normalized spacial score (nSPS) is 15.7. The van der Waals surface area contributed by atoms with Crippen molar-refractivity contribution in [3.05, 3.63) is 29.3 Å². The van der Waals surface area contributed by atoms with E-state index in [9.17, 15) is 4.79 Å². The smallest absolute Gasteiger partial charge is 0.253 e. The van der Waals surface area contributed by atoms with Crippen molar-refractivity contribution in [2.24, 2.45) is 0 Å². The van der Waals surface area contributed by atoms with Crippen LogP contribution in [-0.2, 0) is 5.41 Å². The molecule has 1 amide bonds. The van der Waals surface area contributed by atoms with Crippen molar-refractivity contribution in [2.45, 2.75) is 39.5 Å². The number of nitrogens with one attached hydrogen (secondary N) is 1. The van der Waals surface area contributed by atoms with Gasteiger partial charge >= 0.3 is 0 Å². The fourth-order valence-corrected chi connectivity index (χ4v) is 2.64. The number of benzene rings is 1. The van der Waals surface area contributed by atoms with Crippen LogP contribution in [0.25, 0.3) is 0 Å². The summed E-state index contributed by atoms with van der Waals surface area (Å²) in [6, 6.07) is 5.85. The fraction of sp³-hybridized carbons (Fsp3) is 0.611. The molecule has 0 saturated carbocycles. The third kappa shape index (κ3) is 4.01. The Morgan fingerprint density at radius 3 is 2.55 bits per heavy atom. The number of carbonyl (C=O) groups is 1. The molecule has 0 aliphatic carbocycles. The maximum atomic E-state index is 12.7. The first-order valence-electron chi connectivity index (χ1n) is 8.21. The van der Waals surface area contributed by atoms with E-state index in [2.05, 4.69) is 33.0 Å². The monoisotopic (exact) mass is 304 g/mol. The van der Waals surface area contributed by atoms with Crippen LogP contribution >= 0.6 is 0 Å². The number of ether oxygens (including phenoxy) is 1. The van der Waals surface area contributed by atoms with Crippen LogP contribution in [0.2, 0.25) is 0 Å². The number of carbonyl (C=O) groups excluding carboxylic acids is 1. The highest BCUT2D eigenvalue weighted by Gasteiger charge is 2.23. The third-order valence-corrected chi connectivity index (χ3v) is 3.90. The molecule has 1 aromatic rings. The van der Waals surface area contributed by atoms with Gasteiger partial charge in [-0.05, 0) is 30.0 Å². The highest BCUT2D eigenvalue weighted by molar-refractivity contribution is 5.94. The van der Waals surface area contributed by atoms with E-state index < -0.39 is 0 Å². The Morgan fingerprint density at radius 1 is 1.27 bits per heavy atom. The van der Waals surface area contributed by atoms with Gasteiger partial charge in [-0.2, -0.15) is 0 Å². The second kappa shape index (κ2) is 7.14. The summed E-state index contributed by atoms with van der Waals surface area (Å²) in [5, 5.41) is 3.28. The van der Waals surface area contributed by atoms with Crippen LogP contribution in [0.3, 0.4) is 0 Å². The predicted octanol–water partition coefficient (Wildman–Crippen LogP) is 2.82. The lowest BCUT2D eigenvalue weighted by atomic mass is 9.85. The van der Waals surface area contributed by atoms with Crippen molar-refractivity contribution in [1.82, 2.24) is 10.2 Å². The predicted molar refractivity (Wildman–Crippen MR) is 89.7 cm³/mol. The van der Waals surface area contributed by atoms with Crippen molar-refractivity contribution < 1.29 is 9.53 Å². The van der Waals surface area contributed by atoms with Crippen LogP contribution in [0.5, 0.6) is 5.75 Å². The Balaban J connectivity index is 2.27. The maximum Gasteiger partial charge on any atom is 0.253 e. The minimum Gasteiger partial charge on any atom is -0.493 e. The minimum absolute atomic E-state index is 0.0528. The van der Waals surface area contributed by atoms with E-state index in [-0.39, 0.29) is 11.3 Å². The molecule has 0 spiro atoms. The van der Waals surface area contributed by atoms with E-state index in [1.54, 1.807) is 0 Å². The van der Waals surface area contributed by atoms with Crippen LogP contribution in [0.4, 0.5) is 0 Å². The van der Waals surface area contributed by atoms with Gasteiger partial charge in [0.15, 0.2) is 0 Å². The zero-order valence-corrected chi connectivity index (χ0v) is 14.2. The summed E-state index contributed by atoms with van der Waals surface area (Å²) >= 11 is 0. The average molecular weight is 304 g/mol. The van der Waals surface area contributed by atoms with Crippen LogP contribution in [0.15, 0.2) is 18.2 Å². The average Bonchev–Trinajstić information content (AvgIpc) is 2.52. The van der Waals surface area contributed by atoms with E-state index >= 15 is 0 Å². The lowest BCUT2D eigenvalue weighted by Gasteiger charge is -2.29. The molecule has 1 saturated heterocycles. The molecule has 0 radical (unpaired) electrons. The summed E-state index contributed by atoms with van der Waals surface area (Å²) in [4.78, 5) is 14.6. The van der Waals surface area contributed by atoms with Gasteiger partial charge in [-0.25, -0.2) is 0 Å². The van der Waals surface area contributed by atoms with Crippen LogP contribution in [0.1, 0.15) is 50.0 Å². The first kappa shape index (κ1) is 16.8. The largest absolute Gasteiger partial charge is 0.493 e. The molecule has 1 N–H and O–H groups in total. The number of hydrogen-bond donors (Lipinski definition) is 1. The van der Waals surface area contributed by atoms with E-state index in [4.69, 9.17) is 4.74 Å². The molecule has 4 nitrogen and oxygen atoms in total. The number of nitrogens with zero attached hydrogens (tertiary/aromatic N) is 1. The molecule has 1 aromatic carbocycles. The fourth-order valence-electron chi connectivity index (χ4n) is 2.64. The number of amides is 1. The zero-order valence-electron chi connectivity index (χ0n) is 14.2. The van der Waals surface area contributed by atoms with Crippen molar-refractivity contribution in [1.29, 1.82) is 0 Å². The number of piperazine rings is 1. The van der Waals surface area contributed by atoms with Crippen molar-refractivity contribution in [3.63, 3.8) is 0 Å². The Bertz CT molecular complexity index is 514. The topological polar surface area (TPSA) is 41.6 Å². The van der Waals surface area contributed by atoms with Gasteiger partial charge in [-0.3, -0.25) is 4.79 Å². The summed E-state index contributed by atoms with van der Waals surface area (Å²) in [5.74, 6) is 1.01. The molecule has 1 fully saturated rings. The summed E-state index contributed by atoms with van der Waals surface area (Å²) in [6.45, 7) is 12.6. The summed E-state index contributed by atoms with van der Waals surface area (Å²) in [7, 11) is 0. The molecular weight excluding hydrogens is 276 g/mol. The molecule has 2 rings (SSSR count). The molecule has 1 aliphatic rings. The standard InChI is InChI=1S/C18H28N2O2/c1-5-12-22-16-7-6-14(13-15(16)18(2,3)4)17(21)20-10-8-19-9-11-20/h6-7,13,19H,5,8-12H2,1-4H3. The molecule has 22 heavy (non-hydrogen) atoms. The first-order chi connectivity index (χ1) is 10.4. The molecular formula is C18H28N2O2. The van der Waals surface area contributed by atoms with Crippen LogP contribution in [0, 0.1) is 0 Å². The van der Waals surface area contributed by atoms with Gasteiger partial charge in [0.05, 0.1) is 6.61 Å². The summed E-state index contributed by atoms with van der Waals surface area (Å²) in [5.41, 5.74) is 1.81. The van der Waals surface area contributed by atoms with Gasteiger partial charge in [0.25, 0.3) is 5.91 Å². The Labute approximate surface area is 133 Å². The molecule has 122 valence electrons. The van der Waals surface area contributed by atoms with Gasteiger partial charge < -0.3 is 15.0 Å². The SMILES string of the molecule is CCCOc1ccc(C(=O)N2CCNCC2)cc1C(C)(C)C. The lowest BCUT2D eigenvalue weighted by molar-refractivity contribution is 0.0735. The third-order valence-electron chi connectivity index (χ3n) is 3.90. The van der Waals surface area contributed by atoms with E-state index in [0.717, 1.165) is 49.5 Å². The van der Waals surface area contributed by atoms with E-state index in [0.29, 0.717) is 6.61 Å². The Morgan fingerprint density at radius 2 is 1.95 bits per heavy atom. The minimum atomic E-state index is -0.0528. The molecule has 0 bridgehead atoms. The van der Waals surface area contributed by atoms with Crippen molar-refractivity contribution in [3.8, 4) is 5.75 Å². The van der Waals surface area contributed by atoms with Crippen molar-refractivity contribution >= 4 is 5.91 Å². The molecule has 1 aliphatic heterocycles. The Kier molecular flexibility index (Phi) is 5.46. The van der Waals surface area contributed by atoms with Gasteiger partial charge in [-0.15, -0.1) is 0 Å². The quantitative estimate of drug-likeness (QED) is 0.930. The van der Waals surface area contributed by atoms with Crippen LogP contribution < -0.4 is 10.1 Å². The van der Waals surface area contributed by atoms with Crippen LogP contribution in [-0.4, -0.2) is 43.6 Å². The number of rotatable bonds is 4. The van der Waals surface area contributed by atoms with Gasteiger partial charge in [0.2, 0.25) is 0 Å². The first-order valence-corrected chi connectivity index (χ1v) is 8.21. The summed E-state index contributed by atoms with van der Waals surface area (Å²) < 4.78 is 5.86. The highest BCUT2D eigenvalue weighted by Crippen LogP contribution is 2.32. The van der Waals surface area contributed by atoms with E-state index in [1.807, 2.05) is 23.1 Å². The van der Waals surface area contributed by atoms with Gasteiger partial charge in [0.1, 0.15) is 5.75 Å². The summed E-state index contributed by atoms with van der Waals surface area (Å²) in [6.07, 6.45) is 0.977. The molecule has 4 heteroatoms. The lowest BCUT2D eigenvalue weighted by Crippen LogP contribution is -2.46.